The van der Waals surface area contributed by atoms with Crippen LogP contribution >= 0.6 is 0 Å². The fourth-order valence-electron chi connectivity index (χ4n) is 4.26. The standard InChI is InChI=1S/C21H33N3O2/c1-17(21(25)22(2)18-7-5-4-6-8-18)23-13-15-24(16-14-23)19-9-11-20(26-3)12-10-19/h9-12,17-18H,4-8,13-16H2,1-3H3. The third-order valence-corrected chi connectivity index (χ3v) is 6.13. The summed E-state index contributed by atoms with van der Waals surface area (Å²) in [5, 5.41) is 0. The summed E-state index contributed by atoms with van der Waals surface area (Å²) in [5.74, 6) is 1.17. The highest BCUT2D eigenvalue weighted by Gasteiger charge is 2.30. The first kappa shape index (κ1) is 19.0. The van der Waals surface area contributed by atoms with Crippen LogP contribution in [0.25, 0.3) is 0 Å². The third-order valence-electron chi connectivity index (χ3n) is 6.13. The molecule has 1 unspecified atom stereocenters. The molecule has 5 nitrogen and oxygen atoms in total. The number of ether oxygens (including phenoxy) is 1. The van der Waals surface area contributed by atoms with Crippen LogP contribution in [0.3, 0.4) is 0 Å². The van der Waals surface area contributed by atoms with Crippen molar-refractivity contribution in [2.24, 2.45) is 0 Å². The fraction of sp³-hybridized carbons (Fsp3) is 0.667. The fourth-order valence-corrected chi connectivity index (χ4v) is 4.26. The van der Waals surface area contributed by atoms with E-state index in [4.69, 9.17) is 4.74 Å². The summed E-state index contributed by atoms with van der Waals surface area (Å²) >= 11 is 0. The molecule has 1 amide bonds. The van der Waals surface area contributed by atoms with E-state index in [1.165, 1.54) is 37.8 Å². The lowest BCUT2D eigenvalue weighted by molar-refractivity contribution is -0.138. The lowest BCUT2D eigenvalue weighted by Gasteiger charge is -2.41. The molecule has 1 heterocycles. The quantitative estimate of drug-likeness (QED) is 0.810. The average molecular weight is 360 g/mol. The van der Waals surface area contributed by atoms with Gasteiger partial charge in [-0.05, 0) is 44.0 Å². The van der Waals surface area contributed by atoms with Crippen molar-refractivity contribution in [1.29, 1.82) is 0 Å². The third kappa shape index (κ3) is 4.32. The van der Waals surface area contributed by atoms with Gasteiger partial charge in [-0.15, -0.1) is 0 Å². The molecular weight excluding hydrogens is 326 g/mol. The molecule has 0 N–H and O–H groups in total. The molecule has 2 fully saturated rings. The molecule has 26 heavy (non-hydrogen) atoms. The SMILES string of the molecule is COc1ccc(N2CCN(C(C)C(=O)N(C)C3CCCCC3)CC2)cc1. The minimum Gasteiger partial charge on any atom is -0.497 e. The summed E-state index contributed by atoms with van der Waals surface area (Å²) in [6, 6.07) is 8.65. The second-order valence-corrected chi connectivity index (χ2v) is 7.64. The van der Waals surface area contributed by atoms with Gasteiger partial charge in [0.2, 0.25) is 5.91 Å². The predicted octanol–water partition coefficient (Wildman–Crippen LogP) is 3.00. The Morgan fingerprint density at radius 1 is 1.08 bits per heavy atom. The largest absolute Gasteiger partial charge is 0.497 e. The van der Waals surface area contributed by atoms with Gasteiger partial charge in [0.05, 0.1) is 13.2 Å². The number of anilines is 1. The Morgan fingerprint density at radius 3 is 2.27 bits per heavy atom. The Kier molecular flexibility index (Phi) is 6.41. The molecule has 0 radical (unpaired) electrons. The van der Waals surface area contributed by atoms with Crippen molar-refractivity contribution in [1.82, 2.24) is 9.80 Å². The molecule has 1 atom stereocenters. The molecule has 1 aromatic rings. The Balaban J connectivity index is 1.52. The van der Waals surface area contributed by atoms with Crippen molar-refractivity contribution in [2.45, 2.75) is 51.1 Å². The minimum atomic E-state index is -0.0278. The topological polar surface area (TPSA) is 36.0 Å². The number of likely N-dealkylation sites (N-methyl/N-ethyl adjacent to an activating group) is 1. The van der Waals surface area contributed by atoms with Gasteiger partial charge in [0.25, 0.3) is 0 Å². The lowest BCUT2D eigenvalue weighted by Crippen LogP contribution is -2.55. The van der Waals surface area contributed by atoms with Crippen LogP contribution in [-0.2, 0) is 4.79 Å². The van der Waals surface area contributed by atoms with Crippen LogP contribution in [0.15, 0.2) is 24.3 Å². The maximum absolute atomic E-state index is 12.9. The summed E-state index contributed by atoms with van der Waals surface area (Å²) in [6.45, 7) is 5.84. The predicted molar refractivity (Wildman–Crippen MR) is 106 cm³/mol. The van der Waals surface area contributed by atoms with Gasteiger partial charge in [-0.3, -0.25) is 9.69 Å². The number of benzene rings is 1. The monoisotopic (exact) mass is 359 g/mol. The molecule has 1 aromatic carbocycles. The Hall–Kier alpha value is -1.75. The molecule has 0 bridgehead atoms. The van der Waals surface area contributed by atoms with E-state index in [-0.39, 0.29) is 11.9 Å². The van der Waals surface area contributed by atoms with Crippen molar-refractivity contribution < 1.29 is 9.53 Å². The maximum Gasteiger partial charge on any atom is 0.239 e. The molecule has 1 aliphatic carbocycles. The molecule has 0 spiro atoms. The second-order valence-electron chi connectivity index (χ2n) is 7.64. The van der Waals surface area contributed by atoms with E-state index in [2.05, 4.69) is 28.9 Å². The van der Waals surface area contributed by atoms with Gasteiger partial charge >= 0.3 is 0 Å². The van der Waals surface area contributed by atoms with Crippen LogP contribution in [0.2, 0.25) is 0 Å². The average Bonchev–Trinajstić information content (AvgIpc) is 2.73. The van der Waals surface area contributed by atoms with Gasteiger partial charge in [0, 0.05) is 45.0 Å². The minimum absolute atomic E-state index is 0.0278. The van der Waals surface area contributed by atoms with Crippen molar-refractivity contribution in [3.8, 4) is 5.75 Å². The van der Waals surface area contributed by atoms with Gasteiger partial charge in [0.1, 0.15) is 5.75 Å². The summed E-state index contributed by atoms with van der Waals surface area (Å²) in [6.07, 6.45) is 6.18. The van der Waals surface area contributed by atoms with Gasteiger partial charge < -0.3 is 14.5 Å². The van der Waals surface area contributed by atoms with Crippen LogP contribution < -0.4 is 9.64 Å². The van der Waals surface area contributed by atoms with Crippen LogP contribution in [0.5, 0.6) is 5.75 Å². The molecule has 1 aliphatic heterocycles. The Bertz CT molecular complexity index is 575. The number of carbonyl (C=O) groups is 1. The molecule has 2 aliphatic rings. The molecule has 0 aromatic heterocycles. The first-order valence-corrected chi connectivity index (χ1v) is 10.00. The van der Waals surface area contributed by atoms with Crippen LogP contribution in [0, 0.1) is 0 Å². The van der Waals surface area contributed by atoms with Gasteiger partial charge in [-0.2, -0.15) is 0 Å². The van der Waals surface area contributed by atoms with E-state index in [0.29, 0.717) is 6.04 Å². The lowest BCUT2D eigenvalue weighted by atomic mass is 9.94. The number of methoxy groups -OCH3 is 1. The van der Waals surface area contributed by atoms with Crippen molar-refractivity contribution in [3.63, 3.8) is 0 Å². The number of amides is 1. The molecule has 5 heteroatoms. The highest BCUT2D eigenvalue weighted by molar-refractivity contribution is 5.81. The summed E-state index contributed by atoms with van der Waals surface area (Å²) in [7, 11) is 3.69. The van der Waals surface area contributed by atoms with Crippen LogP contribution in [-0.4, -0.2) is 68.1 Å². The summed E-state index contributed by atoms with van der Waals surface area (Å²) < 4.78 is 5.23. The van der Waals surface area contributed by atoms with Crippen LogP contribution in [0.1, 0.15) is 39.0 Å². The number of nitrogens with zero attached hydrogens (tertiary/aromatic N) is 3. The number of rotatable bonds is 5. The van der Waals surface area contributed by atoms with Crippen LogP contribution in [0.4, 0.5) is 5.69 Å². The molecule has 1 saturated heterocycles. The van der Waals surface area contributed by atoms with Gasteiger partial charge in [0.15, 0.2) is 0 Å². The second kappa shape index (κ2) is 8.76. The number of piperazine rings is 1. The van der Waals surface area contributed by atoms with Gasteiger partial charge in [-0.25, -0.2) is 0 Å². The van der Waals surface area contributed by atoms with Crippen molar-refractivity contribution in [2.75, 3.05) is 45.2 Å². The zero-order valence-electron chi connectivity index (χ0n) is 16.5. The highest BCUT2D eigenvalue weighted by atomic mass is 16.5. The zero-order valence-corrected chi connectivity index (χ0v) is 16.5. The smallest absolute Gasteiger partial charge is 0.239 e. The van der Waals surface area contributed by atoms with E-state index < -0.39 is 0 Å². The Morgan fingerprint density at radius 2 is 1.69 bits per heavy atom. The van der Waals surface area contributed by atoms with Crippen molar-refractivity contribution >= 4 is 11.6 Å². The van der Waals surface area contributed by atoms with Gasteiger partial charge in [-0.1, -0.05) is 19.3 Å². The highest BCUT2D eigenvalue weighted by Crippen LogP contribution is 2.24. The first-order valence-electron chi connectivity index (χ1n) is 10.00. The van der Waals surface area contributed by atoms with E-state index in [1.807, 2.05) is 24.1 Å². The molecule has 3 rings (SSSR count). The normalized spacial score (nSPS) is 20.7. The first-order chi connectivity index (χ1) is 12.6. The number of hydrogen-bond acceptors (Lipinski definition) is 4. The van der Waals surface area contributed by atoms with E-state index >= 15 is 0 Å². The number of carbonyl (C=O) groups excluding carboxylic acids is 1. The van der Waals surface area contributed by atoms with E-state index in [9.17, 15) is 4.79 Å². The van der Waals surface area contributed by atoms with E-state index in [1.54, 1.807) is 7.11 Å². The number of hydrogen-bond donors (Lipinski definition) is 0. The Labute approximate surface area is 157 Å². The summed E-state index contributed by atoms with van der Waals surface area (Å²) in [4.78, 5) is 19.7. The molecule has 144 valence electrons. The van der Waals surface area contributed by atoms with E-state index in [0.717, 1.165) is 31.9 Å². The summed E-state index contributed by atoms with van der Waals surface area (Å²) in [5.41, 5.74) is 1.23. The zero-order chi connectivity index (χ0) is 18.5. The molecular formula is C21H33N3O2. The molecule has 1 saturated carbocycles. The maximum atomic E-state index is 12.9. The van der Waals surface area contributed by atoms with Crippen molar-refractivity contribution in [3.05, 3.63) is 24.3 Å².